The molecule has 0 radical (unpaired) electrons. The quantitative estimate of drug-likeness (QED) is 0.595. The van der Waals surface area contributed by atoms with Crippen LogP contribution in [0.2, 0.25) is 0 Å². The lowest BCUT2D eigenvalue weighted by molar-refractivity contribution is 0.0847. The summed E-state index contributed by atoms with van der Waals surface area (Å²) < 4.78 is 14.6. The van der Waals surface area contributed by atoms with E-state index >= 15 is 0 Å². The Morgan fingerprint density at radius 3 is 2.90 bits per heavy atom. The van der Waals surface area contributed by atoms with Crippen molar-refractivity contribution in [2.75, 3.05) is 19.6 Å². The van der Waals surface area contributed by atoms with Gasteiger partial charge in [0, 0.05) is 12.5 Å². The smallest absolute Gasteiger partial charge is 0.254 e. The van der Waals surface area contributed by atoms with Crippen LogP contribution >= 0.6 is 11.7 Å². The summed E-state index contributed by atoms with van der Waals surface area (Å²) in [5.74, 6) is 2.03. The third kappa shape index (κ3) is 3.04. The van der Waals surface area contributed by atoms with Gasteiger partial charge in [-0.15, -0.1) is 4.37 Å². The molecule has 3 fully saturated rings. The van der Waals surface area contributed by atoms with Crippen molar-refractivity contribution in [2.45, 2.75) is 44.9 Å². The lowest BCUT2D eigenvalue weighted by Crippen LogP contribution is -2.46. The third-order valence-corrected chi connectivity index (χ3v) is 5.02. The van der Waals surface area contributed by atoms with E-state index in [1.807, 2.05) is 0 Å². The maximum atomic E-state index is 5.72. The topological polar surface area (TPSA) is 38.3 Å². The van der Waals surface area contributed by atoms with E-state index in [4.69, 9.17) is 4.74 Å². The number of aromatic nitrogens is 2. The number of hydrogen-bond donors (Lipinski definition) is 0. The van der Waals surface area contributed by atoms with E-state index in [9.17, 15) is 0 Å². The first-order chi connectivity index (χ1) is 9.88. The van der Waals surface area contributed by atoms with Crippen molar-refractivity contribution < 1.29 is 4.74 Å². The second kappa shape index (κ2) is 6.68. The summed E-state index contributed by atoms with van der Waals surface area (Å²) in [4.78, 5) is 2.55. The predicted octanol–water partition coefficient (Wildman–Crippen LogP) is 3.43. The van der Waals surface area contributed by atoms with Gasteiger partial charge in [-0.3, -0.25) is 0 Å². The second-order valence-corrected chi connectivity index (χ2v) is 6.36. The van der Waals surface area contributed by atoms with Gasteiger partial charge < -0.3 is 9.64 Å². The summed E-state index contributed by atoms with van der Waals surface area (Å²) in [5, 5.41) is 0. The van der Waals surface area contributed by atoms with Crippen LogP contribution in [0.3, 0.4) is 0 Å². The van der Waals surface area contributed by atoms with Gasteiger partial charge in [-0.05, 0) is 50.8 Å². The zero-order valence-corrected chi connectivity index (χ0v) is 12.9. The molecular weight excluding hydrogens is 270 g/mol. The molecule has 3 aliphatic rings. The monoisotopic (exact) mass is 293 g/mol. The molecule has 1 atom stereocenters. The Kier molecular flexibility index (Phi) is 4.68. The first-order valence-corrected chi connectivity index (χ1v) is 8.48. The van der Waals surface area contributed by atoms with Crippen molar-refractivity contribution in [3.05, 3.63) is 18.0 Å². The fourth-order valence-corrected chi connectivity index (χ4v) is 3.83. The Labute approximate surface area is 125 Å². The summed E-state index contributed by atoms with van der Waals surface area (Å²) in [6.45, 7) is 5.84. The van der Waals surface area contributed by atoms with E-state index < -0.39 is 0 Å². The molecule has 2 bridgehead atoms. The summed E-state index contributed by atoms with van der Waals surface area (Å²) in [5.41, 5.74) is 1.09. The Bertz CT molecular complexity index is 452. The van der Waals surface area contributed by atoms with Crippen LogP contribution in [-0.2, 0) is 0 Å². The third-order valence-electron chi connectivity index (χ3n) is 4.49. The van der Waals surface area contributed by atoms with Crippen LogP contribution in [0.1, 0.15) is 50.6 Å². The molecule has 3 aliphatic heterocycles. The molecule has 4 nitrogen and oxygen atoms in total. The zero-order valence-electron chi connectivity index (χ0n) is 12.1. The number of unbranched alkanes of at least 4 members (excludes halogenated alkanes) is 2. The number of fused-ring (bicyclic) bond motifs is 3. The van der Waals surface area contributed by atoms with E-state index in [0.29, 0.717) is 5.92 Å². The van der Waals surface area contributed by atoms with Crippen molar-refractivity contribution in [1.82, 2.24) is 13.6 Å². The fourth-order valence-electron chi connectivity index (χ4n) is 3.27. The molecule has 0 aliphatic carbocycles. The maximum absolute atomic E-state index is 5.72. The van der Waals surface area contributed by atoms with Crippen LogP contribution in [0.5, 0.6) is 5.88 Å². The highest BCUT2D eigenvalue weighted by Gasteiger charge is 2.38. The highest BCUT2D eigenvalue weighted by atomic mass is 32.1. The lowest BCUT2D eigenvalue weighted by atomic mass is 9.77. The minimum absolute atomic E-state index is 0.523. The second-order valence-electron chi connectivity index (χ2n) is 5.83. The van der Waals surface area contributed by atoms with Crippen molar-refractivity contribution >= 4 is 11.7 Å². The number of piperidine rings is 3. The molecule has 5 heteroatoms. The van der Waals surface area contributed by atoms with Gasteiger partial charge >= 0.3 is 0 Å². The summed E-state index contributed by atoms with van der Waals surface area (Å²) in [6.07, 6.45) is 9.97. The summed E-state index contributed by atoms with van der Waals surface area (Å²) in [7, 11) is 0. The summed E-state index contributed by atoms with van der Waals surface area (Å²) in [6, 6.07) is 0. The van der Waals surface area contributed by atoms with Gasteiger partial charge in [0.1, 0.15) is 5.69 Å². The molecule has 4 heterocycles. The van der Waals surface area contributed by atoms with Crippen molar-refractivity contribution in [3.8, 4) is 5.88 Å². The van der Waals surface area contributed by atoms with E-state index in [1.54, 1.807) is 6.26 Å². The minimum atomic E-state index is 0.523. The Morgan fingerprint density at radius 1 is 1.35 bits per heavy atom. The van der Waals surface area contributed by atoms with Gasteiger partial charge in [-0.2, -0.15) is 4.37 Å². The van der Waals surface area contributed by atoms with Crippen LogP contribution in [0, 0.1) is 5.92 Å². The molecule has 20 heavy (non-hydrogen) atoms. The Hall–Kier alpha value is -0.940. The van der Waals surface area contributed by atoms with Crippen LogP contribution < -0.4 is 4.74 Å². The standard InChI is InChI=1S/C15H23N3OS/c1-2-3-4-5-10-19-15-14(16-20-17-15)13-11-18-8-6-12(13)7-9-18/h5,10,12-13H,2-4,6-9,11H2,1H3. The molecule has 110 valence electrons. The SMILES string of the molecule is CCCCC=COc1nsnc1C1CN2CCC1CC2. The van der Waals surface area contributed by atoms with E-state index in [2.05, 4.69) is 26.6 Å². The number of nitrogens with zero attached hydrogens (tertiary/aromatic N) is 3. The normalized spacial score (nSPS) is 29.1. The molecule has 0 N–H and O–H groups in total. The minimum Gasteiger partial charge on any atom is -0.445 e. The molecule has 1 aromatic heterocycles. The molecule has 0 amide bonds. The zero-order chi connectivity index (χ0) is 13.8. The van der Waals surface area contributed by atoms with E-state index in [-0.39, 0.29) is 0 Å². The number of rotatable bonds is 6. The molecule has 1 unspecified atom stereocenters. The average molecular weight is 293 g/mol. The average Bonchev–Trinajstić information content (AvgIpc) is 2.96. The van der Waals surface area contributed by atoms with Gasteiger partial charge in [-0.1, -0.05) is 13.3 Å². The number of hydrogen-bond acceptors (Lipinski definition) is 5. The summed E-state index contributed by atoms with van der Waals surface area (Å²) >= 11 is 1.28. The van der Waals surface area contributed by atoms with Crippen LogP contribution in [0.25, 0.3) is 0 Å². The van der Waals surface area contributed by atoms with Gasteiger partial charge in [0.25, 0.3) is 5.88 Å². The number of ether oxygens (including phenoxy) is 1. The molecule has 0 aromatic carbocycles. The van der Waals surface area contributed by atoms with Gasteiger partial charge in [0.2, 0.25) is 0 Å². The predicted molar refractivity (Wildman–Crippen MR) is 81.1 cm³/mol. The molecule has 4 rings (SSSR count). The van der Waals surface area contributed by atoms with Crippen molar-refractivity contribution in [3.63, 3.8) is 0 Å². The van der Waals surface area contributed by atoms with E-state index in [1.165, 1.54) is 50.5 Å². The largest absolute Gasteiger partial charge is 0.445 e. The van der Waals surface area contributed by atoms with Gasteiger partial charge in [0.05, 0.1) is 18.0 Å². The number of allylic oxidation sites excluding steroid dienone is 1. The van der Waals surface area contributed by atoms with Crippen LogP contribution in [-0.4, -0.2) is 33.3 Å². The maximum Gasteiger partial charge on any atom is 0.254 e. The molecular formula is C15H23N3OS. The van der Waals surface area contributed by atoms with Gasteiger partial charge in [0.15, 0.2) is 0 Å². The van der Waals surface area contributed by atoms with Crippen LogP contribution in [0.15, 0.2) is 12.3 Å². The highest BCUT2D eigenvalue weighted by molar-refractivity contribution is 6.99. The molecule has 3 saturated heterocycles. The highest BCUT2D eigenvalue weighted by Crippen LogP contribution is 2.41. The lowest BCUT2D eigenvalue weighted by Gasteiger charge is -2.44. The fraction of sp³-hybridized carbons (Fsp3) is 0.733. The van der Waals surface area contributed by atoms with Crippen molar-refractivity contribution in [2.24, 2.45) is 5.92 Å². The van der Waals surface area contributed by atoms with Crippen molar-refractivity contribution in [1.29, 1.82) is 0 Å². The van der Waals surface area contributed by atoms with E-state index in [0.717, 1.165) is 30.5 Å². The van der Waals surface area contributed by atoms with Gasteiger partial charge in [-0.25, -0.2) is 0 Å². The molecule has 1 aromatic rings. The Morgan fingerprint density at radius 2 is 2.20 bits per heavy atom. The molecule has 0 spiro atoms. The van der Waals surface area contributed by atoms with Crippen LogP contribution in [0.4, 0.5) is 0 Å². The first-order valence-electron chi connectivity index (χ1n) is 7.75. The Balaban J connectivity index is 1.63. The molecule has 0 saturated carbocycles. The first kappa shape index (κ1) is 14.0.